The summed E-state index contributed by atoms with van der Waals surface area (Å²) < 4.78 is 5.40. The molecular formula is C13H18ClN3O4. The number of carbonyl (C=O) groups excluding carboxylic acids is 1. The van der Waals surface area contributed by atoms with Gasteiger partial charge in [0.1, 0.15) is 5.60 Å². The molecule has 116 valence electrons. The highest BCUT2D eigenvalue weighted by Gasteiger charge is 2.39. The van der Waals surface area contributed by atoms with Gasteiger partial charge < -0.3 is 15.4 Å². The molecule has 1 aromatic rings. The molecule has 2 rings (SSSR count). The number of rotatable bonds is 4. The number of nitro benzene ring substituents is 1. The van der Waals surface area contributed by atoms with E-state index in [1.54, 1.807) is 6.07 Å². The van der Waals surface area contributed by atoms with Crippen molar-refractivity contribution in [2.75, 3.05) is 25.5 Å². The predicted molar refractivity (Wildman–Crippen MR) is 80.8 cm³/mol. The molecule has 21 heavy (non-hydrogen) atoms. The Kier molecular flexibility index (Phi) is 6.07. The zero-order chi connectivity index (χ0) is 14.6. The van der Waals surface area contributed by atoms with E-state index in [-0.39, 0.29) is 24.0 Å². The highest BCUT2D eigenvalue weighted by Crippen LogP contribution is 2.25. The summed E-state index contributed by atoms with van der Waals surface area (Å²) >= 11 is 0. The molecule has 1 heterocycles. The lowest BCUT2D eigenvalue weighted by atomic mass is 9.91. The number of carbonyl (C=O) groups is 1. The lowest BCUT2D eigenvalue weighted by molar-refractivity contribution is -0.384. The van der Waals surface area contributed by atoms with E-state index in [2.05, 4.69) is 10.6 Å². The number of ether oxygens (including phenoxy) is 1. The number of halogens is 1. The number of piperidine rings is 1. The number of hydrogen-bond donors (Lipinski definition) is 2. The molecule has 0 bridgehead atoms. The van der Waals surface area contributed by atoms with Crippen molar-refractivity contribution in [1.82, 2.24) is 5.32 Å². The first-order valence-electron chi connectivity index (χ1n) is 6.39. The molecule has 2 N–H and O–H groups in total. The molecule has 0 unspecified atom stereocenters. The summed E-state index contributed by atoms with van der Waals surface area (Å²) in [6.07, 6.45) is 1.15. The van der Waals surface area contributed by atoms with Gasteiger partial charge in [-0.25, -0.2) is 0 Å². The summed E-state index contributed by atoms with van der Waals surface area (Å²) in [5, 5.41) is 16.6. The second-order valence-electron chi connectivity index (χ2n) is 4.71. The minimum absolute atomic E-state index is 0. The molecule has 1 aromatic carbocycles. The zero-order valence-electron chi connectivity index (χ0n) is 11.6. The third-order valence-corrected chi connectivity index (χ3v) is 3.53. The van der Waals surface area contributed by atoms with Crippen LogP contribution in [0.2, 0.25) is 0 Å². The quantitative estimate of drug-likeness (QED) is 0.652. The number of hydrogen-bond acceptors (Lipinski definition) is 5. The van der Waals surface area contributed by atoms with Crippen LogP contribution in [0.4, 0.5) is 11.4 Å². The Balaban J connectivity index is 0.00000220. The van der Waals surface area contributed by atoms with Crippen molar-refractivity contribution in [3.05, 3.63) is 34.4 Å². The van der Waals surface area contributed by atoms with E-state index in [0.717, 1.165) is 0 Å². The van der Waals surface area contributed by atoms with Gasteiger partial charge in [0.25, 0.3) is 11.6 Å². The molecular weight excluding hydrogens is 298 g/mol. The van der Waals surface area contributed by atoms with Gasteiger partial charge in [0.15, 0.2) is 0 Å². The van der Waals surface area contributed by atoms with Crippen LogP contribution in [0.15, 0.2) is 24.3 Å². The smallest absolute Gasteiger partial charge is 0.271 e. The Bertz CT molecular complexity index is 518. The third kappa shape index (κ3) is 3.90. The van der Waals surface area contributed by atoms with E-state index in [1.807, 2.05) is 0 Å². The summed E-state index contributed by atoms with van der Waals surface area (Å²) in [4.78, 5) is 22.6. The summed E-state index contributed by atoms with van der Waals surface area (Å²) in [6.45, 7) is 1.41. The third-order valence-electron chi connectivity index (χ3n) is 3.53. The summed E-state index contributed by atoms with van der Waals surface area (Å²) in [7, 11) is 1.51. The number of non-ortho nitro benzene ring substituents is 1. The van der Waals surface area contributed by atoms with Crippen molar-refractivity contribution in [1.29, 1.82) is 0 Å². The molecule has 0 atom stereocenters. The first kappa shape index (κ1) is 17.4. The van der Waals surface area contributed by atoms with Gasteiger partial charge in [0.2, 0.25) is 0 Å². The SMILES string of the molecule is COC1(C(=O)Nc2cccc([N+](=O)[O-])c2)CCNCC1.Cl. The van der Waals surface area contributed by atoms with Gasteiger partial charge in [0, 0.05) is 24.9 Å². The van der Waals surface area contributed by atoms with Gasteiger partial charge in [-0.15, -0.1) is 12.4 Å². The Morgan fingerprint density at radius 2 is 2.10 bits per heavy atom. The average Bonchev–Trinajstić information content (AvgIpc) is 2.48. The first-order valence-corrected chi connectivity index (χ1v) is 6.39. The van der Waals surface area contributed by atoms with Crippen molar-refractivity contribution in [2.24, 2.45) is 0 Å². The van der Waals surface area contributed by atoms with E-state index < -0.39 is 10.5 Å². The van der Waals surface area contributed by atoms with Gasteiger partial charge in [-0.3, -0.25) is 14.9 Å². The monoisotopic (exact) mass is 315 g/mol. The second kappa shape index (κ2) is 7.35. The van der Waals surface area contributed by atoms with Gasteiger partial charge in [0.05, 0.1) is 4.92 Å². The maximum atomic E-state index is 12.4. The fraction of sp³-hybridized carbons (Fsp3) is 0.462. The van der Waals surface area contributed by atoms with Gasteiger partial charge in [-0.05, 0) is 32.0 Å². The Labute approximate surface area is 128 Å². The first-order chi connectivity index (χ1) is 9.57. The highest BCUT2D eigenvalue weighted by atomic mass is 35.5. The van der Waals surface area contributed by atoms with Crippen molar-refractivity contribution in [3.63, 3.8) is 0 Å². The van der Waals surface area contributed by atoms with E-state index in [0.29, 0.717) is 31.6 Å². The van der Waals surface area contributed by atoms with Gasteiger partial charge in [-0.2, -0.15) is 0 Å². The Morgan fingerprint density at radius 3 is 2.67 bits per heavy atom. The fourth-order valence-corrected chi connectivity index (χ4v) is 2.30. The Morgan fingerprint density at radius 1 is 1.43 bits per heavy atom. The largest absolute Gasteiger partial charge is 0.368 e. The summed E-state index contributed by atoms with van der Waals surface area (Å²) in [5.41, 5.74) is -0.519. The number of methoxy groups -OCH3 is 1. The molecule has 0 aromatic heterocycles. The Hall–Kier alpha value is -1.70. The molecule has 1 fully saturated rings. The number of nitrogens with zero attached hydrogens (tertiary/aromatic N) is 1. The molecule has 1 saturated heterocycles. The van der Waals surface area contributed by atoms with Crippen LogP contribution in [0.5, 0.6) is 0 Å². The van der Waals surface area contributed by atoms with Crippen LogP contribution in [0.3, 0.4) is 0 Å². The van der Waals surface area contributed by atoms with Crippen LogP contribution in [-0.4, -0.2) is 36.6 Å². The molecule has 7 nitrogen and oxygen atoms in total. The van der Waals surface area contributed by atoms with Crippen LogP contribution < -0.4 is 10.6 Å². The standard InChI is InChI=1S/C13H17N3O4.ClH/c1-20-13(5-7-14-8-6-13)12(17)15-10-3-2-4-11(9-10)16(18)19;/h2-4,9,14H,5-8H2,1H3,(H,15,17);1H. The predicted octanol–water partition coefficient (Wildman–Crippen LogP) is 1.72. The number of nitrogens with one attached hydrogen (secondary N) is 2. The number of nitro groups is 1. The normalized spacial score (nSPS) is 16.6. The van der Waals surface area contributed by atoms with E-state index in [4.69, 9.17) is 4.74 Å². The zero-order valence-corrected chi connectivity index (χ0v) is 12.4. The number of anilines is 1. The molecule has 1 amide bonds. The van der Waals surface area contributed by atoms with Crippen molar-refractivity contribution >= 4 is 29.7 Å². The summed E-state index contributed by atoms with van der Waals surface area (Å²) in [6, 6.07) is 5.87. The fourth-order valence-electron chi connectivity index (χ4n) is 2.30. The highest BCUT2D eigenvalue weighted by molar-refractivity contribution is 5.97. The van der Waals surface area contributed by atoms with Gasteiger partial charge >= 0.3 is 0 Å². The maximum absolute atomic E-state index is 12.4. The molecule has 1 aliphatic heterocycles. The van der Waals surface area contributed by atoms with E-state index >= 15 is 0 Å². The van der Waals surface area contributed by atoms with Crippen LogP contribution in [-0.2, 0) is 9.53 Å². The number of benzene rings is 1. The molecule has 0 aliphatic carbocycles. The van der Waals surface area contributed by atoms with Gasteiger partial charge in [-0.1, -0.05) is 6.07 Å². The lowest BCUT2D eigenvalue weighted by Crippen LogP contribution is -2.51. The van der Waals surface area contributed by atoms with Crippen LogP contribution in [0.1, 0.15) is 12.8 Å². The van der Waals surface area contributed by atoms with E-state index in [1.165, 1.54) is 25.3 Å². The van der Waals surface area contributed by atoms with Crippen LogP contribution in [0, 0.1) is 10.1 Å². The molecule has 0 saturated carbocycles. The average molecular weight is 316 g/mol. The number of amides is 1. The van der Waals surface area contributed by atoms with Crippen molar-refractivity contribution in [3.8, 4) is 0 Å². The van der Waals surface area contributed by atoms with Crippen LogP contribution in [0.25, 0.3) is 0 Å². The second-order valence-corrected chi connectivity index (χ2v) is 4.71. The lowest BCUT2D eigenvalue weighted by Gasteiger charge is -2.34. The van der Waals surface area contributed by atoms with Crippen molar-refractivity contribution < 1.29 is 14.5 Å². The topological polar surface area (TPSA) is 93.5 Å². The van der Waals surface area contributed by atoms with E-state index in [9.17, 15) is 14.9 Å². The molecule has 0 radical (unpaired) electrons. The maximum Gasteiger partial charge on any atom is 0.271 e. The molecule has 8 heteroatoms. The summed E-state index contributed by atoms with van der Waals surface area (Å²) in [5.74, 6) is -0.262. The minimum Gasteiger partial charge on any atom is -0.368 e. The molecule has 1 aliphatic rings. The van der Waals surface area contributed by atoms with Crippen LogP contribution >= 0.6 is 12.4 Å². The minimum atomic E-state index is -0.865. The molecule has 0 spiro atoms. The van der Waals surface area contributed by atoms with Crippen molar-refractivity contribution in [2.45, 2.75) is 18.4 Å².